The Morgan fingerprint density at radius 2 is 2.27 bits per heavy atom. The highest BCUT2D eigenvalue weighted by Crippen LogP contribution is 2.14. The van der Waals surface area contributed by atoms with Crippen LogP contribution in [-0.2, 0) is 11.3 Å². The summed E-state index contributed by atoms with van der Waals surface area (Å²) >= 11 is 0. The summed E-state index contributed by atoms with van der Waals surface area (Å²) in [7, 11) is 0. The van der Waals surface area contributed by atoms with Crippen molar-refractivity contribution in [3.05, 3.63) is 35.6 Å². The summed E-state index contributed by atoms with van der Waals surface area (Å²) in [5, 5.41) is 0. The number of halogens is 1. The van der Waals surface area contributed by atoms with Crippen molar-refractivity contribution < 1.29 is 9.13 Å². The lowest BCUT2D eigenvalue weighted by Crippen LogP contribution is -2.43. The fraction of sp³-hybridized carbons (Fsp3) is 0.500. The molecule has 1 aliphatic heterocycles. The summed E-state index contributed by atoms with van der Waals surface area (Å²) in [5.41, 5.74) is 0.770. The quantitative estimate of drug-likeness (QED) is 0.739. The van der Waals surface area contributed by atoms with Gasteiger partial charge in [-0.15, -0.1) is 0 Å². The van der Waals surface area contributed by atoms with Crippen molar-refractivity contribution in [3.8, 4) is 0 Å². The zero-order chi connectivity index (χ0) is 10.7. The Hall–Kier alpha value is -0.930. The Kier molecular flexibility index (Phi) is 3.34. The van der Waals surface area contributed by atoms with E-state index in [-0.39, 0.29) is 5.82 Å². The van der Waals surface area contributed by atoms with Gasteiger partial charge in [-0.3, -0.25) is 4.90 Å². The van der Waals surface area contributed by atoms with E-state index in [0.29, 0.717) is 12.6 Å². The predicted octanol–water partition coefficient (Wildman–Crippen LogP) is 2.05. The molecule has 1 fully saturated rings. The SMILES string of the molecule is C[C@@H]1COCCN1Cc1ccccc1F. The molecule has 1 heterocycles. The molecule has 0 N–H and O–H groups in total. The lowest BCUT2D eigenvalue weighted by molar-refractivity contribution is -0.00480. The first-order valence-electron chi connectivity index (χ1n) is 5.32. The van der Waals surface area contributed by atoms with Gasteiger partial charge in [-0.2, -0.15) is 0 Å². The molecule has 0 aliphatic carbocycles. The Morgan fingerprint density at radius 3 is 3.00 bits per heavy atom. The molecule has 2 nitrogen and oxygen atoms in total. The molecule has 15 heavy (non-hydrogen) atoms. The van der Waals surface area contributed by atoms with E-state index in [1.807, 2.05) is 12.1 Å². The van der Waals surface area contributed by atoms with Crippen molar-refractivity contribution in [2.75, 3.05) is 19.8 Å². The third-order valence-corrected chi connectivity index (χ3v) is 2.84. The second-order valence-corrected chi connectivity index (χ2v) is 3.99. The van der Waals surface area contributed by atoms with E-state index < -0.39 is 0 Å². The largest absolute Gasteiger partial charge is 0.379 e. The van der Waals surface area contributed by atoms with Crippen LogP contribution in [0.5, 0.6) is 0 Å². The van der Waals surface area contributed by atoms with Crippen LogP contribution in [0.4, 0.5) is 4.39 Å². The highest BCUT2D eigenvalue weighted by Gasteiger charge is 2.19. The molecule has 0 spiro atoms. The maximum absolute atomic E-state index is 13.4. The average Bonchev–Trinajstić information content (AvgIpc) is 2.24. The number of ether oxygens (including phenoxy) is 1. The van der Waals surface area contributed by atoms with Gasteiger partial charge in [0.05, 0.1) is 13.2 Å². The van der Waals surface area contributed by atoms with Gasteiger partial charge in [0.25, 0.3) is 0 Å². The lowest BCUT2D eigenvalue weighted by Gasteiger charge is -2.33. The number of benzene rings is 1. The zero-order valence-corrected chi connectivity index (χ0v) is 8.95. The molecule has 1 aromatic rings. The third-order valence-electron chi connectivity index (χ3n) is 2.84. The van der Waals surface area contributed by atoms with Crippen LogP contribution in [0.3, 0.4) is 0 Å². The average molecular weight is 209 g/mol. The normalized spacial score (nSPS) is 22.9. The van der Waals surface area contributed by atoms with E-state index in [9.17, 15) is 4.39 Å². The molecule has 0 saturated carbocycles. The summed E-state index contributed by atoms with van der Waals surface area (Å²) in [4.78, 5) is 2.25. The Bertz CT molecular complexity index is 329. The molecule has 1 aliphatic rings. The molecule has 0 unspecified atom stereocenters. The van der Waals surface area contributed by atoms with E-state index in [1.54, 1.807) is 6.07 Å². The maximum atomic E-state index is 13.4. The topological polar surface area (TPSA) is 12.5 Å². The van der Waals surface area contributed by atoms with E-state index in [2.05, 4.69) is 11.8 Å². The molecule has 0 amide bonds. The monoisotopic (exact) mass is 209 g/mol. The molecular formula is C12H16FNO. The molecular weight excluding hydrogens is 193 g/mol. The van der Waals surface area contributed by atoms with Crippen LogP contribution in [0.15, 0.2) is 24.3 Å². The van der Waals surface area contributed by atoms with Crippen LogP contribution in [0, 0.1) is 5.82 Å². The molecule has 1 saturated heterocycles. The van der Waals surface area contributed by atoms with Crippen LogP contribution in [0.1, 0.15) is 12.5 Å². The van der Waals surface area contributed by atoms with E-state index >= 15 is 0 Å². The molecule has 0 radical (unpaired) electrons. The molecule has 3 heteroatoms. The first-order chi connectivity index (χ1) is 7.27. The minimum Gasteiger partial charge on any atom is -0.379 e. The van der Waals surface area contributed by atoms with Crippen LogP contribution in [0.25, 0.3) is 0 Å². The van der Waals surface area contributed by atoms with E-state index in [1.165, 1.54) is 6.07 Å². The van der Waals surface area contributed by atoms with Gasteiger partial charge in [0.1, 0.15) is 5.82 Å². The van der Waals surface area contributed by atoms with Gasteiger partial charge in [-0.1, -0.05) is 18.2 Å². The number of morpholine rings is 1. The van der Waals surface area contributed by atoms with Gasteiger partial charge in [0, 0.05) is 24.7 Å². The number of nitrogens with zero attached hydrogens (tertiary/aromatic N) is 1. The van der Waals surface area contributed by atoms with Crippen LogP contribution >= 0.6 is 0 Å². The molecule has 1 aromatic carbocycles. The highest BCUT2D eigenvalue weighted by atomic mass is 19.1. The molecule has 1 atom stereocenters. The van der Waals surface area contributed by atoms with Crippen molar-refractivity contribution in [1.82, 2.24) is 4.90 Å². The van der Waals surface area contributed by atoms with Crippen LogP contribution in [-0.4, -0.2) is 30.7 Å². The van der Waals surface area contributed by atoms with Gasteiger partial charge in [0.15, 0.2) is 0 Å². The van der Waals surface area contributed by atoms with Gasteiger partial charge >= 0.3 is 0 Å². The van der Waals surface area contributed by atoms with Gasteiger partial charge < -0.3 is 4.74 Å². The summed E-state index contributed by atoms with van der Waals surface area (Å²) in [6.07, 6.45) is 0. The second-order valence-electron chi connectivity index (χ2n) is 3.99. The van der Waals surface area contributed by atoms with Gasteiger partial charge in [0.2, 0.25) is 0 Å². The van der Waals surface area contributed by atoms with E-state index in [0.717, 1.165) is 25.3 Å². The van der Waals surface area contributed by atoms with Gasteiger partial charge in [-0.05, 0) is 13.0 Å². The minimum atomic E-state index is -0.115. The summed E-state index contributed by atoms with van der Waals surface area (Å²) in [6, 6.07) is 7.33. The van der Waals surface area contributed by atoms with Crippen molar-refractivity contribution in [3.63, 3.8) is 0 Å². The van der Waals surface area contributed by atoms with E-state index in [4.69, 9.17) is 4.74 Å². The zero-order valence-electron chi connectivity index (χ0n) is 8.95. The molecule has 0 bridgehead atoms. The Balaban J connectivity index is 2.04. The first kappa shape index (κ1) is 10.6. The van der Waals surface area contributed by atoms with Crippen molar-refractivity contribution >= 4 is 0 Å². The smallest absolute Gasteiger partial charge is 0.127 e. The van der Waals surface area contributed by atoms with Crippen molar-refractivity contribution in [2.24, 2.45) is 0 Å². The summed E-state index contributed by atoms with van der Waals surface area (Å²) < 4.78 is 18.8. The highest BCUT2D eigenvalue weighted by molar-refractivity contribution is 5.17. The van der Waals surface area contributed by atoms with Crippen molar-refractivity contribution in [1.29, 1.82) is 0 Å². The lowest BCUT2D eigenvalue weighted by atomic mass is 10.1. The molecule has 82 valence electrons. The second kappa shape index (κ2) is 4.73. The standard InChI is InChI=1S/C12H16FNO/c1-10-9-15-7-6-14(10)8-11-4-2-3-5-12(11)13/h2-5,10H,6-9H2,1H3/t10-/m1/s1. The third kappa shape index (κ3) is 2.55. The Labute approximate surface area is 89.7 Å². The Morgan fingerprint density at radius 1 is 1.47 bits per heavy atom. The molecule has 0 aromatic heterocycles. The van der Waals surface area contributed by atoms with Crippen LogP contribution in [0.2, 0.25) is 0 Å². The fourth-order valence-electron chi connectivity index (χ4n) is 1.84. The number of rotatable bonds is 2. The summed E-state index contributed by atoms with van der Waals surface area (Å²) in [5.74, 6) is -0.115. The number of hydrogen-bond acceptors (Lipinski definition) is 2. The predicted molar refractivity (Wildman–Crippen MR) is 57.1 cm³/mol. The number of hydrogen-bond donors (Lipinski definition) is 0. The fourth-order valence-corrected chi connectivity index (χ4v) is 1.84. The molecule has 2 rings (SSSR count). The minimum absolute atomic E-state index is 0.115. The van der Waals surface area contributed by atoms with Gasteiger partial charge in [-0.25, -0.2) is 4.39 Å². The van der Waals surface area contributed by atoms with Crippen LogP contribution < -0.4 is 0 Å². The maximum Gasteiger partial charge on any atom is 0.127 e. The first-order valence-corrected chi connectivity index (χ1v) is 5.32. The van der Waals surface area contributed by atoms with Crippen molar-refractivity contribution in [2.45, 2.75) is 19.5 Å². The summed E-state index contributed by atoms with van der Waals surface area (Å²) in [6.45, 7) is 5.17.